The van der Waals surface area contributed by atoms with Gasteiger partial charge in [-0.05, 0) is 51.1 Å². The third-order valence-corrected chi connectivity index (χ3v) is 3.41. The lowest BCUT2D eigenvalue weighted by molar-refractivity contribution is 0.0914. The fourth-order valence-electron chi connectivity index (χ4n) is 2.39. The SMILES string of the molecule is CC(C)(C)NC(=O)c1cc(-c2ccncc2)n(-c2ccccc2)n1. The van der Waals surface area contributed by atoms with Gasteiger partial charge in [0, 0.05) is 23.5 Å². The summed E-state index contributed by atoms with van der Waals surface area (Å²) < 4.78 is 1.78. The van der Waals surface area contributed by atoms with Crippen molar-refractivity contribution < 1.29 is 4.79 Å². The van der Waals surface area contributed by atoms with Crippen molar-refractivity contribution in [3.63, 3.8) is 0 Å². The van der Waals surface area contributed by atoms with Crippen LogP contribution in [0.4, 0.5) is 0 Å². The Balaban J connectivity index is 2.08. The Hall–Kier alpha value is -2.95. The predicted octanol–water partition coefficient (Wildman–Crippen LogP) is 3.46. The highest BCUT2D eigenvalue weighted by molar-refractivity contribution is 5.94. The summed E-state index contributed by atoms with van der Waals surface area (Å²) in [6, 6.07) is 15.4. The number of carbonyl (C=O) groups is 1. The Labute approximate surface area is 141 Å². The van der Waals surface area contributed by atoms with E-state index in [4.69, 9.17) is 0 Å². The zero-order chi connectivity index (χ0) is 17.2. The van der Waals surface area contributed by atoms with Crippen molar-refractivity contribution >= 4 is 5.91 Å². The molecule has 1 N–H and O–H groups in total. The van der Waals surface area contributed by atoms with E-state index in [0.29, 0.717) is 5.69 Å². The van der Waals surface area contributed by atoms with Gasteiger partial charge in [-0.25, -0.2) is 4.68 Å². The molecule has 0 saturated carbocycles. The van der Waals surface area contributed by atoms with E-state index in [2.05, 4.69) is 15.4 Å². The minimum Gasteiger partial charge on any atom is -0.346 e. The number of aromatic nitrogens is 3. The standard InChI is InChI=1S/C19H20N4O/c1-19(2,3)21-18(24)16-13-17(14-9-11-20-12-10-14)23(22-16)15-7-5-4-6-8-15/h4-13H,1-3H3,(H,21,24). The fourth-order valence-corrected chi connectivity index (χ4v) is 2.39. The average Bonchev–Trinajstić information content (AvgIpc) is 3.00. The fraction of sp³-hybridized carbons (Fsp3) is 0.211. The van der Waals surface area contributed by atoms with Gasteiger partial charge >= 0.3 is 0 Å². The third-order valence-electron chi connectivity index (χ3n) is 3.41. The molecule has 2 heterocycles. The van der Waals surface area contributed by atoms with Crippen LogP contribution < -0.4 is 5.32 Å². The molecular weight excluding hydrogens is 300 g/mol. The van der Waals surface area contributed by atoms with Crippen LogP contribution in [0.1, 0.15) is 31.3 Å². The molecule has 2 aromatic heterocycles. The van der Waals surface area contributed by atoms with Gasteiger partial charge in [0.1, 0.15) is 0 Å². The van der Waals surface area contributed by atoms with Gasteiger partial charge in [0.15, 0.2) is 5.69 Å². The van der Waals surface area contributed by atoms with Crippen molar-refractivity contribution in [1.82, 2.24) is 20.1 Å². The smallest absolute Gasteiger partial charge is 0.272 e. The molecule has 122 valence electrons. The molecule has 3 rings (SSSR count). The van der Waals surface area contributed by atoms with E-state index in [0.717, 1.165) is 16.9 Å². The first kappa shape index (κ1) is 15.9. The summed E-state index contributed by atoms with van der Waals surface area (Å²) in [6.45, 7) is 5.84. The second-order valence-corrected chi connectivity index (χ2v) is 6.60. The predicted molar refractivity (Wildman–Crippen MR) is 94.0 cm³/mol. The third kappa shape index (κ3) is 3.51. The number of nitrogens with zero attached hydrogens (tertiary/aromatic N) is 3. The van der Waals surface area contributed by atoms with Gasteiger partial charge < -0.3 is 5.32 Å². The molecule has 0 aliphatic heterocycles. The van der Waals surface area contributed by atoms with Crippen LogP contribution in [0.15, 0.2) is 60.9 Å². The maximum atomic E-state index is 12.5. The number of nitrogens with one attached hydrogen (secondary N) is 1. The summed E-state index contributed by atoms with van der Waals surface area (Å²) in [7, 11) is 0. The maximum Gasteiger partial charge on any atom is 0.272 e. The summed E-state index contributed by atoms with van der Waals surface area (Å²) in [4.78, 5) is 16.5. The summed E-state index contributed by atoms with van der Waals surface area (Å²) in [5.74, 6) is -0.188. The van der Waals surface area contributed by atoms with E-state index in [-0.39, 0.29) is 11.4 Å². The quantitative estimate of drug-likeness (QED) is 0.804. The van der Waals surface area contributed by atoms with E-state index in [1.165, 1.54) is 0 Å². The Bertz CT molecular complexity index is 776. The molecule has 1 amide bonds. The topological polar surface area (TPSA) is 59.8 Å². The van der Waals surface area contributed by atoms with Gasteiger partial charge in [-0.1, -0.05) is 18.2 Å². The molecule has 1 aromatic carbocycles. The minimum atomic E-state index is -0.315. The van der Waals surface area contributed by atoms with Gasteiger partial charge in [0.25, 0.3) is 5.91 Å². The molecule has 0 bridgehead atoms. The zero-order valence-electron chi connectivity index (χ0n) is 14.0. The monoisotopic (exact) mass is 320 g/mol. The molecular formula is C19H20N4O. The van der Waals surface area contributed by atoms with Gasteiger partial charge in [0.05, 0.1) is 11.4 Å². The molecule has 0 fully saturated rings. The number of benzene rings is 1. The largest absolute Gasteiger partial charge is 0.346 e. The van der Waals surface area contributed by atoms with Crippen molar-refractivity contribution in [1.29, 1.82) is 0 Å². The molecule has 5 heteroatoms. The highest BCUT2D eigenvalue weighted by Crippen LogP contribution is 2.23. The first-order valence-electron chi connectivity index (χ1n) is 7.82. The van der Waals surface area contributed by atoms with Crippen molar-refractivity contribution in [2.45, 2.75) is 26.3 Å². The van der Waals surface area contributed by atoms with Crippen LogP contribution in [0.25, 0.3) is 16.9 Å². The lowest BCUT2D eigenvalue weighted by Crippen LogP contribution is -2.40. The van der Waals surface area contributed by atoms with Crippen LogP contribution in [0.3, 0.4) is 0 Å². The number of para-hydroxylation sites is 1. The first-order chi connectivity index (χ1) is 11.4. The lowest BCUT2D eigenvalue weighted by Gasteiger charge is -2.19. The Morgan fingerprint density at radius 3 is 2.33 bits per heavy atom. The van der Waals surface area contributed by atoms with Crippen LogP contribution in [-0.4, -0.2) is 26.2 Å². The van der Waals surface area contributed by atoms with Gasteiger partial charge in [-0.15, -0.1) is 0 Å². The molecule has 0 radical (unpaired) electrons. The Morgan fingerprint density at radius 1 is 1.04 bits per heavy atom. The van der Waals surface area contributed by atoms with Crippen molar-refractivity contribution in [3.05, 3.63) is 66.6 Å². The number of hydrogen-bond donors (Lipinski definition) is 1. The van der Waals surface area contributed by atoms with Crippen molar-refractivity contribution in [3.8, 4) is 16.9 Å². The molecule has 24 heavy (non-hydrogen) atoms. The van der Waals surface area contributed by atoms with E-state index >= 15 is 0 Å². The van der Waals surface area contributed by atoms with Crippen LogP contribution >= 0.6 is 0 Å². The second kappa shape index (κ2) is 6.28. The maximum absolute atomic E-state index is 12.5. The Kier molecular flexibility index (Phi) is 4.16. The summed E-state index contributed by atoms with van der Waals surface area (Å²) in [5.41, 5.74) is 2.78. The Morgan fingerprint density at radius 2 is 1.71 bits per heavy atom. The molecule has 0 aliphatic carbocycles. The summed E-state index contributed by atoms with van der Waals surface area (Å²) in [6.07, 6.45) is 3.46. The van der Waals surface area contributed by atoms with Crippen LogP contribution in [-0.2, 0) is 0 Å². The number of amides is 1. The number of rotatable bonds is 3. The van der Waals surface area contributed by atoms with E-state index in [9.17, 15) is 4.79 Å². The number of carbonyl (C=O) groups excluding carboxylic acids is 1. The van der Waals surface area contributed by atoms with Gasteiger partial charge in [-0.3, -0.25) is 9.78 Å². The summed E-state index contributed by atoms with van der Waals surface area (Å²) in [5, 5.41) is 7.48. The van der Waals surface area contributed by atoms with E-state index in [1.807, 2.05) is 69.3 Å². The molecule has 0 saturated heterocycles. The highest BCUT2D eigenvalue weighted by atomic mass is 16.2. The first-order valence-corrected chi connectivity index (χ1v) is 7.82. The van der Waals surface area contributed by atoms with Crippen LogP contribution in [0.2, 0.25) is 0 Å². The minimum absolute atomic E-state index is 0.188. The van der Waals surface area contributed by atoms with Crippen molar-refractivity contribution in [2.75, 3.05) is 0 Å². The number of pyridine rings is 1. The normalized spacial score (nSPS) is 11.3. The van der Waals surface area contributed by atoms with E-state index < -0.39 is 0 Å². The van der Waals surface area contributed by atoms with Gasteiger partial charge in [0.2, 0.25) is 0 Å². The highest BCUT2D eigenvalue weighted by Gasteiger charge is 2.20. The van der Waals surface area contributed by atoms with Crippen LogP contribution in [0.5, 0.6) is 0 Å². The van der Waals surface area contributed by atoms with Crippen LogP contribution in [0, 0.1) is 0 Å². The summed E-state index contributed by atoms with van der Waals surface area (Å²) >= 11 is 0. The average molecular weight is 320 g/mol. The van der Waals surface area contributed by atoms with E-state index in [1.54, 1.807) is 17.1 Å². The molecule has 0 unspecified atom stereocenters. The molecule has 0 aliphatic rings. The number of hydrogen-bond acceptors (Lipinski definition) is 3. The van der Waals surface area contributed by atoms with Gasteiger partial charge in [-0.2, -0.15) is 5.10 Å². The molecule has 0 atom stereocenters. The zero-order valence-corrected chi connectivity index (χ0v) is 14.0. The lowest BCUT2D eigenvalue weighted by atomic mass is 10.1. The molecule has 3 aromatic rings. The second-order valence-electron chi connectivity index (χ2n) is 6.60. The van der Waals surface area contributed by atoms with Crippen molar-refractivity contribution in [2.24, 2.45) is 0 Å². The molecule has 0 spiro atoms. The molecule has 5 nitrogen and oxygen atoms in total.